The van der Waals surface area contributed by atoms with Crippen LogP contribution in [0, 0.1) is 5.92 Å². The first-order valence-electron chi connectivity index (χ1n) is 5.74. The van der Waals surface area contributed by atoms with E-state index in [1.54, 1.807) is 6.07 Å². The molecule has 6 nitrogen and oxygen atoms in total. The van der Waals surface area contributed by atoms with Crippen LogP contribution >= 0.6 is 0 Å². The summed E-state index contributed by atoms with van der Waals surface area (Å²) in [5.41, 5.74) is 0. The van der Waals surface area contributed by atoms with Gasteiger partial charge in [-0.2, -0.15) is 0 Å². The molecule has 1 aromatic rings. The second kappa shape index (κ2) is 5.29. The monoisotopic (exact) mass is 239 g/mol. The Kier molecular flexibility index (Phi) is 3.75. The molecule has 1 aromatic heterocycles. The fourth-order valence-electron chi connectivity index (χ4n) is 2.04. The lowest BCUT2D eigenvalue weighted by Gasteiger charge is -2.31. The molecule has 0 bridgehead atoms. The Balaban J connectivity index is 1.86. The summed E-state index contributed by atoms with van der Waals surface area (Å²) in [5, 5.41) is 16.0. The fourth-order valence-corrected chi connectivity index (χ4v) is 2.04. The summed E-state index contributed by atoms with van der Waals surface area (Å²) in [4.78, 5) is 13.9. The Morgan fingerprint density at radius 3 is 2.94 bits per heavy atom. The van der Waals surface area contributed by atoms with Gasteiger partial charge in [-0.1, -0.05) is 5.16 Å². The van der Waals surface area contributed by atoms with E-state index in [-0.39, 0.29) is 5.92 Å². The number of carbonyl (C=O) groups excluding carboxylic acids is 1. The number of nitrogens with zero attached hydrogens (tertiary/aromatic N) is 2. The van der Waals surface area contributed by atoms with Gasteiger partial charge in [-0.25, -0.2) is 0 Å². The lowest BCUT2D eigenvalue weighted by Crippen LogP contribution is -2.41. The number of likely N-dealkylation sites (tertiary alicyclic amines) is 1. The molecule has 2 heterocycles. The van der Waals surface area contributed by atoms with E-state index in [0.29, 0.717) is 5.82 Å². The molecular formula is C11H17N3O3. The standard InChI is InChI=1S/C11H17N3O3/c1-14-5-2-8(3-6-14)10(15)11(16)12-9-4-7-17-13-9/h4,7-8,10,15H,2-3,5-6H2,1H3,(H,12,13,16). The zero-order valence-electron chi connectivity index (χ0n) is 9.80. The van der Waals surface area contributed by atoms with Gasteiger partial charge in [0.15, 0.2) is 5.82 Å². The minimum atomic E-state index is -0.972. The highest BCUT2D eigenvalue weighted by molar-refractivity contribution is 5.93. The third-order valence-corrected chi connectivity index (χ3v) is 3.17. The molecule has 0 aliphatic carbocycles. The average Bonchev–Trinajstić information content (AvgIpc) is 2.82. The van der Waals surface area contributed by atoms with Crippen LogP contribution in [0.25, 0.3) is 0 Å². The summed E-state index contributed by atoms with van der Waals surface area (Å²) >= 11 is 0. The van der Waals surface area contributed by atoms with Crippen LogP contribution in [-0.2, 0) is 4.79 Å². The minimum Gasteiger partial charge on any atom is -0.383 e. The van der Waals surface area contributed by atoms with E-state index in [2.05, 4.69) is 19.9 Å². The Morgan fingerprint density at radius 1 is 1.65 bits per heavy atom. The van der Waals surface area contributed by atoms with Crippen molar-refractivity contribution in [1.29, 1.82) is 0 Å². The van der Waals surface area contributed by atoms with Crippen LogP contribution in [0.3, 0.4) is 0 Å². The largest absolute Gasteiger partial charge is 0.383 e. The van der Waals surface area contributed by atoms with Gasteiger partial charge in [0.25, 0.3) is 5.91 Å². The second-order valence-electron chi connectivity index (χ2n) is 4.46. The molecule has 1 saturated heterocycles. The van der Waals surface area contributed by atoms with Gasteiger partial charge in [0.05, 0.1) is 0 Å². The average molecular weight is 239 g/mol. The molecule has 0 aromatic carbocycles. The van der Waals surface area contributed by atoms with E-state index in [0.717, 1.165) is 25.9 Å². The first kappa shape index (κ1) is 12.1. The number of anilines is 1. The van der Waals surface area contributed by atoms with Crippen molar-refractivity contribution in [2.45, 2.75) is 18.9 Å². The summed E-state index contributed by atoms with van der Waals surface area (Å²) in [5.74, 6) is -0.0477. The van der Waals surface area contributed by atoms with Gasteiger partial charge in [-0.05, 0) is 38.9 Å². The van der Waals surface area contributed by atoms with E-state index in [1.807, 2.05) is 7.05 Å². The molecule has 1 aliphatic heterocycles. The van der Waals surface area contributed by atoms with Crippen molar-refractivity contribution in [3.8, 4) is 0 Å². The number of aliphatic hydroxyl groups excluding tert-OH is 1. The van der Waals surface area contributed by atoms with Gasteiger partial charge in [0.2, 0.25) is 0 Å². The predicted molar refractivity (Wildman–Crippen MR) is 61.4 cm³/mol. The SMILES string of the molecule is CN1CCC(C(O)C(=O)Nc2ccon2)CC1. The molecular weight excluding hydrogens is 222 g/mol. The van der Waals surface area contributed by atoms with E-state index in [4.69, 9.17) is 0 Å². The number of amides is 1. The Hall–Kier alpha value is -1.40. The molecule has 6 heteroatoms. The smallest absolute Gasteiger partial charge is 0.254 e. The quantitative estimate of drug-likeness (QED) is 0.794. The molecule has 2 rings (SSSR count). The van der Waals surface area contributed by atoms with E-state index >= 15 is 0 Å². The van der Waals surface area contributed by atoms with Gasteiger partial charge in [-0.15, -0.1) is 0 Å². The number of hydrogen-bond acceptors (Lipinski definition) is 5. The molecule has 1 unspecified atom stereocenters. The number of hydrogen-bond donors (Lipinski definition) is 2. The van der Waals surface area contributed by atoms with E-state index in [1.165, 1.54) is 6.26 Å². The number of aromatic nitrogens is 1. The maximum Gasteiger partial charge on any atom is 0.254 e. The van der Waals surface area contributed by atoms with E-state index in [9.17, 15) is 9.90 Å². The Morgan fingerprint density at radius 2 is 2.35 bits per heavy atom. The number of piperidine rings is 1. The number of nitrogens with one attached hydrogen (secondary N) is 1. The van der Waals surface area contributed by atoms with Crippen molar-refractivity contribution >= 4 is 11.7 Å². The van der Waals surface area contributed by atoms with Crippen molar-refractivity contribution in [2.75, 3.05) is 25.5 Å². The lowest BCUT2D eigenvalue weighted by atomic mass is 9.91. The molecule has 0 saturated carbocycles. The number of aliphatic hydroxyl groups is 1. The van der Waals surface area contributed by atoms with Gasteiger partial charge in [-0.3, -0.25) is 4.79 Å². The van der Waals surface area contributed by atoms with Crippen molar-refractivity contribution in [2.24, 2.45) is 5.92 Å². The first-order chi connectivity index (χ1) is 8.16. The van der Waals surface area contributed by atoms with Crippen molar-refractivity contribution in [1.82, 2.24) is 10.1 Å². The van der Waals surface area contributed by atoms with E-state index < -0.39 is 12.0 Å². The maximum absolute atomic E-state index is 11.7. The van der Waals surface area contributed by atoms with Crippen LogP contribution < -0.4 is 5.32 Å². The van der Waals surface area contributed by atoms with Crippen molar-refractivity contribution in [3.63, 3.8) is 0 Å². The molecule has 1 atom stereocenters. The molecule has 0 spiro atoms. The molecule has 1 amide bonds. The summed E-state index contributed by atoms with van der Waals surface area (Å²) in [7, 11) is 2.04. The summed E-state index contributed by atoms with van der Waals surface area (Å²) in [6.45, 7) is 1.83. The van der Waals surface area contributed by atoms with Gasteiger partial charge in [0, 0.05) is 6.07 Å². The second-order valence-corrected chi connectivity index (χ2v) is 4.46. The third-order valence-electron chi connectivity index (χ3n) is 3.17. The Bertz CT molecular complexity index is 358. The zero-order valence-corrected chi connectivity index (χ0v) is 9.80. The van der Waals surface area contributed by atoms with Crippen LogP contribution in [0.2, 0.25) is 0 Å². The Labute approximate surface area is 99.6 Å². The number of carbonyl (C=O) groups is 1. The summed E-state index contributed by atoms with van der Waals surface area (Å²) < 4.78 is 4.60. The van der Waals surface area contributed by atoms with Crippen LogP contribution in [0.4, 0.5) is 5.82 Å². The maximum atomic E-state index is 11.7. The predicted octanol–water partition coefficient (Wildman–Crippen LogP) is 0.316. The van der Waals surface area contributed by atoms with Gasteiger partial charge < -0.3 is 19.8 Å². The topological polar surface area (TPSA) is 78.6 Å². The van der Waals surface area contributed by atoms with Gasteiger partial charge in [0.1, 0.15) is 12.4 Å². The van der Waals surface area contributed by atoms with Crippen LogP contribution in [0.5, 0.6) is 0 Å². The molecule has 94 valence electrons. The summed E-state index contributed by atoms with van der Waals surface area (Å²) in [6, 6.07) is 1.54. The highest BCUT2D eigenvalue weighted by Crippen LogP contribution is 2.20. The first-order valence-corrected chi connectivity index (χ1v) is 5.74. The molecule has 17 heavy (non-hydrogen) atoms. The van der Waals surface area contributed by atoms with Crippen LogP contribution in [0.15, 0.2) is 16.9 Å². The normalized spacial score (nSPS) is 20.1. The molecule has 2 N–H and O–H groups in total. The van der Waals surface area contributed by atoms with Crippen molar-refractivity contribution in [3.05, 3.63) is 12.3 Å². The number of rotatable bonds is 3. The van der Waals surface area contributed by atoms with Crippen LogP contribution in [-0.4, -0.2) is 47.3 Å². The van der Waals surface area contributed by atoms with Gasteiger partial charge >= 0.3 is 0 Å². The fraction of sp³-hybridized carbons (Fsp3) is 0.636. The highest BCUT2D eigenvalue weighted by atomic mass is 16.5. The highest BCUT2D eigenvalue weighted by Gasteiger charge is 2.29. The summed E-state index contributed by atoms with van der Waals surface area (Å²) in [6.07, 6.45) is 2.08. The minimum absolute atomic E-state index is 0.0260. The third kappa shape index (κ3) is 3.04. The molecule has 1 aliphatic rings. The van der Waals surface area contributed by atoms with Crippen molar-refractivity contribution < 1.29 is 14.4 Å². The molecule has 1 fully saturated rings. The van der Waals surface area contributed by atoms with Crippen LogP contribution in [0.1, 0.15) is 12.8 Å². The lowest BCUT2D eigenvalue weighted by molar-refractivity contribution is -0.127. The zero-order chi connectivity index (χ0) is 12.3. The molecule has 0 radical (unpaired) electrons.